The van der Waals surface area contributed by atoms with Crippen molar-refractivity contribution in [2.75, 3.05) is 0 Å². The molecular weight excluding hydrogens is 352 g/mol. The average molecular weight is 366 g/mol. The van der Waals surface area contributed by atoms with Gasteiger partial charge < -0.3 is 4.57 Å². The normalized spacial score (nSPS) is 11.6. The van der Waals surface area contributed by atoms with Gasteiger partial charge in [0.15, 0.2) is 17.3 Å². The molecule has 6 heterocycles. The van der Waals surface area contributed by atoms with Crippen LogP contribution in [0.1, 0.15) is 0 Å². The van der Waals surface area contributed by atoms with E-state index in [4.69, 9.17) is 4.98 Å². The minimum atomic E-state index is 0.676. The van der Waals surface area contributed by atoms with Crippen molar-refractivity contribution in [2.24, 2.45) is 0 Å². The van der Waals surface area contributed by atoms with Gasteiger partial charge in [-0.25, -0.2) is 24.3 Å². The van der Waals surface area contributed by atoms with E-state index in [1.165, 1.54) is 0 Å². The van der Waals surface area contributed by atoms with E-state index < -0.39 is 0 Å². The van der Waals surface area contributed by atoms with Gasteiger partial charge in [-0.05, 0) is 36.4 Å². The lowest BCUT2D eigenvalue weighted by Gasteiger charge is -2.14. The predicted octanol–water partition coefficient (Wildman–Crippen LogP) is 3.02. The van der Waals surface area contributed by atoms with Gasteiger partial charge in [0, 0.05) is 48.8 Å². The number of imidazole rings is 1. The third kappa shape index (κ3) is 2.11. The van der Waals surface area contributed by atoms with Crippen molar-refractivity contribution in [1.82, 2.24) is 38.4 Å². The zero-order valence-electron chi connectivity index (χ0n) is 14.7. The Morgan fingerprint density at radius 1 is 0.714 bits per heavy atom. The summed E-state index contributed by atoms with van der Waals surface area (Å²) < 4.78 is 7.93. The van der Waals surface area contributed by atoms with Gasteiger partial charge in [0.2, 0.25) is 5.95 Å². The number of rotatable bonds is 3. The highest BCUT2D eigenvalue weighted by Crippen LogP contribution is 2.23. The van der Waals surface area contributed by atoms with E-state index in [-0.39, 0.29) is 0 Å². The molecule has 28 heavy (non-hydrogen) atoms. The summed E-state index contributed by atoms with van der Waals surface area (Å²) in [6.07, 6.45) is 15.1. The van der Waals surface area contributed by atoms with Crippen LogP contribution in [-0.4, -0.2) is 38.4 Å². The van der Waals surface area contributed by atoms with Gasteiger partial charge in [-0.2, -0.15) is 4.98 Å². The summed E-state index contributed by atoms with van der Waals surface area (Å²) in [5, 5.41) is 1.06. The molecule has 6 rings (SSSR count). The molecule has 0 N–H and O–H groups in total. The van der Waals surface area contributed by atoms with Gasteiger partial charge in [0.25, 0.3) is 0 Å². The van der Waals surface area contributed by atoms with E-state index in [9.17, 15) is 0 Å². The van der Waals surface area contributed by atoms with Gasteiger partial charge in [0.1, 0.15) is 0 Å². The quantitative estimate of drug-likeness (QED) is 0.483. The van der Waals surface area contributed by atoms with E-state index in [0.29, 0.717) is 11.8 Å². The molecule has 0 atom stereocenters. The van der Waals surface area contributed by atoms with Crippen LogP contribution in [0.5, 0.6) is 0 Å². The lowest BCUT2D eigenvalue weighted by molar-refractivity contribution is 0.650. The topological polar surface area (TPSA) is 71.3 Å². The smallest absolute Gasteiger partial charge is 0.236 e. The van der Waals surface area contributed by atoms with Crippen LogP contribution in [0.25, 0.3) is 34.3 Å². The van der Waals surface area contributed by atoms with Crippen molar-refractivity contribution in [3.63, 3.8) is 0 Å². The molecule has 2 aliphatic rings. The van der Waals surface area contributed by atoms with Crippen LogP contribution in [0.15, 0.2) is 86.0 Å². The van der Waals surface area contributed by atoms with E-state index in [1.54, 1.807) is 18.6 Å². The standard InChI is InChI=1S/C20H14N8/c1-2-11-25(10-1)17-14-28(27-12-6-15-4-3-7-23-19(15)27)20(24-17)26-13-9-22-18-16(26)5-8-21-18/h1-14H. The summed E-state index contributed by atoms with van der Waals surface area (Å²) in [6.45, 7) is 0. The Bertz CT molecular complexity index is 1370. The molecule has 0 saturated heterocycles. The maximum Gasteiger partial charge on any atom is 0.236 e. The highest BCUT2D eigenvalue weighted by molar-refractivity contribution is 5.75. The number of pyridine rings is 1. The molecule has 0 aromatic carbocycles. The molecule has 4 aromatic rings. The molecule has 134 valence electrons. The fourth-order valence-corrected chi connectivity index (χ4v) is 3.44. The first-order valence-corrected chi connectivity index (χ1v) is 8.82. The molecule has 0 bridgehead atoms. The second-order valence-corrected chi connectivity index (χ2v) is 6.36. The van der Waals surface area contributed by atoms with Crippen LogP contribution >= 0.6 is 0 Å². The van der Waals surface area contributed by atoms with Crippen LogP contribution in [0.4, 0.5) is 0 Å². The highest BCUT2D eigenvalue weighted by Gasteiger charge is 2.18. The maximum absolute atomic E-state index is 4.90. The van der Waals surface area contributed by atoms with E-state index >= 15 is 0 Å². The molecule has 0 aliphatic carbocycles. The second-order valence-electron chi connectivity index (χ2n) is 6.36. The molecule has 4 aromatic heterocycles. The average Bonchev–Trinajstić information content (AvgIpc) is 3.52. The van der Waals surface area contributed by atoms with Crippen LogP contribution in [0, 0.1) is 0 Å². The number of nitrogens with zero attached hydrogens (tertiary/aromatic N) is 8. The Kier molecular flexibility index (Phi) is 3.01. The lowest BCUT2D eigenvalue weighted by Crippen LogP contribution is -2.14. The number of hydrogen-bond donors (Lipinski definition) is 0. The van der Waals surface area contributed by atoms with Crippen molar-refractivity contribution in [2.45, 2.75) is 0 Å². The molecule has 0 unspecified atom stereocenters. The fraction of sp³-hybridized carbons (Fsp3) is 0. The van der Waals surface area contributed by atoms with Crippen LogP contribution in [0.3, 0.4) is 0 Å². The summed E-state index contributed by atoms with van der Waals surface area (Å²) in [6, 6.07) is 11.9. The summed E-state index contributed by atoms with van der Waals surface area (Å²) in [5.74, 6) is 2.19. The first-order valence-electron chi connectivity index (χ1n) is 8.82. The van der Waals surface area contributed by atoms with Crippen molar-refractivity contribution < 1.29 is 0 Å². The number of hydrogen-bond acceptors (Lipinski definition) is 4. The van der Waals surface area contributed by atoms with Gasteiger partial charge in [-0.1, -0.05) is 0 Å². The SMILES string of the molecule is c1cnc2c(c1)ccn2-n1cc(-n2cccc2)nc1-n1ccnc2nccc1-2. The van der Waals surface area contributed by atoms with Gasteiger partial charge in [-0.3, -0.25) is 4.57 Å². The molecular formula is C20H14N8. The van der Waals surface area contributed by atoms with Crippen molar-refractivity contribution in [3.8, 4) is 23.3 Å². The largest absolute Gasteiger partial charge is 0.307 e. The van der Waals surface area contributed by atoms with Crippen molar-refractivity contribution >= 4 is 11.0 Å². The van der Waals surface area contributed by atoms with Crippen LogP contribution in [-0.2, 0) is 0 Å². The molecule has 0 saturated carbocycles. The van der Waals surface area contributed by atoms with Crippen molar-refractivity contribution in [3.05, 3.63) is 86.0 Å². The molecule has 8 heteroatoms. The van der Waals surface area contributed by atoms with Gasteiger partial charge in [-0.15, -0.1) is 0 Å². The Balaban J connectivity index is 1.65. The molecule has 2 aliphatic heterocycles. The summed E-state index contributed by atoms with van der Waals surface area (Å²) in [5.41, 5.74) is 1.74. The van der Waals surface area contributed by atoms with Gasteiger partial charge in [0.05, 0.1) is 11.9 Å². The van der Waals surface area contributed by atoms with E-state index in [0.717, 1.165) is 22.5 Å². The minimum absolute atomic E-state index is 0.676. The molecule has 8 nitrogen and oxygen atoms in total. The lowest BCUT2D eigenvalue weighted by atomic mass is 10.3. The monoisotopic (exact) mass is 366 g/mol. The second kappa shape index (κ2) is 5.65. The van der Waals surface area contributed by atoms with E-state index in [2.05, 4.69) is 15.0 Å². The Labute approximate surface area is 159 Å². The molecule has 0 fully saturated rings. The Hall–Kier alpha value is -4.20. The Morgan fingerprint density at radius 3 is 2.54 bits per heavy atom. The summed E-state index contributed by atoms with van der Waals surface area (Å²) in [7, 11) is 0. The van der Waals surface area contributed by atoms with Crippen LogP contribution in [0.2, 0.25) is 0 Å². The van der Waals surface area contributed by atoms with Crippen LogP contribution < -0.4 is 0 Å². The summed E-state index contributed by atoms with van der Waals surface area (Å²) in [4.78, 5) is 18.1. The van der Waals surface area contributed by atoms with E-state index in [1.807, 2.05) is 85.9 Å². The third-order valence-electron chi connectivity index (χ3n) is 4.73. The predicted molar refractivity (Wildman–Crippen MR) is 104 cm³/mol. The zero-order chi connectivity index (χ0) is 18.5. The van der Waals surface area contributed by atoms with Crippen molar-refractivity contribution in [1.29, 1.82) is 0 Å². The molecule has 0 spiro atoms. The molecule has 0 amide bonds. The zero-order valence-corrected chi connectivity index (χ0v) is 14.7. The maximum atomic E-state index is 4.90. The summed E-state index contributed by atoms with van der Waals surface area (Å²) >= 11 is 0. The Morgan fingerprint density at radius 2 is 1.61 bits per heavy atom. The third-order valence-corrected chi connectivity index (χ3v) is 4.73. The minimum Gasteiger partial charge on any atom is -0.307 e. The first-order chi connectivity index (χ1) is 13.9. The number of fused-ring (bicyclic) bond motifs is 2. The molecule has 0 radical (unpaired) electrons. The van der Waals surface area contributed by atoms with Gasteiger partial charge >= 0.3 is 0 Å². The highest BCUT2D eigenvalue weighted by atomic mass is 15.5. The fourth-order valence-electron chi connectivity index (χ4n) is 3.44. The first kappa shape index (κ1) is 14.9. The number of aromatic nitrogens is 8.